The van der Waals surface area contributed by atoms with Gasteiger partial charge in [-0.05, 0) is 35.7 Å². The average Bonchev–Trinajstić information content (AvgIpc) is 3.27. The summed E-state index contributed by atoms with van der Waals surface area (Å²) in [5.74, 6) is 1.42. The molecular weight excluding hydrogens is 420 g/mol. The third-order valence-corrected chi connectivity index (χ3v) is 7.27. The standard InChI is InChI=1S/C25H26N4O2S/c30-24-23-12-20(27-13-18-8-9-21-19(11-18)7-4-10-26-21)14-29(23)25(31)22(28-24)16-32-15-17-5-2-1-3-6-17/h1-11,20,22-23,27H,12-16H2,(H,28,30)/t20-,22-,23-/m0/s1. The van der Waals surface area contributed by atoms with Crippen molar-refractivity contribution >= 4 is 34.5 Å². The average molecular weight is 447 g/mol. The molecule has 0 aliphatic carbocycles. The number of nitrogens with zero attached hydrogens (tertiary/aromatic N) is 2. The maximum atomic E-state index is 13.0. The minimum atomic E-state index is -0.445. The van der Waals surface area contributed by atoms with Crippen LogP contribution in [0, 0.1) is 0 Å². The number of aromatic nitrogens is 1. The van der Waals surface area contributed by atoms with E-state index in [4.69, 9.17) is 0 Å². The van der Waals surface area contributed by atoms with E-state index in [1.54, 1.807) is 22.9 Å². The lowest BCUT2D eigenvalue weighted by Crippen LogP contribution is -2.61. The highest BCUT2D eigenvalue weighted by molar-refractivity contribution is 7.98. The normalized spacial score (nSPS) is 22.8. The summed E-state index contributed by atoms with van der Waals surface area (Å²) < 4.78 is 0. The molecule has 7 heteroatoms. The summed E-state index contributed by atoms with van der Waals surface area (Å²) in [5, 5.41) is 7.60. The van der Waals surface area contributed by atoms with Gasteiger partial charge < -0.3 is 15.5 Å². The van der Waals surface area contributed by atoms with Gasteiger partial charge in [-0.1, -0.05) is 42.5 Å². The van der Waals surface area contributed by atoms with Crippen LogP contribution >= 0.6 is 11.8 Å². The molecule has 3 aromatic rings. The van der Waals surface area contributed by atoms with Crippen LogP contribution in [0.1, 0.15) is 17.5 Å². The number of nitrogens with one attached hydrogen (secondary N) is 2. The monoisotopic (exact) mass is 446 g/mol. The SMILES string of the molecule is O=C1N[C@@H](CSCc2ccccc2)C(=O)N2C[C@@H](NCc3ccc4ncccc4c3)C[C@@H]12. The molecule has 0 bridgehead atoms. The van der Waals surface area contributed by atoms with E-state index < -0.39 is 6.04 Å². The largest absolute Gasteiger partial charge is 0.342 e. The van der Waals surface area contributed by atoms with Gasteiger partial charge in [0.05, 0.1) is 5.52 Å². The number of piperazine rings is 1. The van der Waals surface area contributed by atoms with Gasteiger partial charge in [0, 0.05) is 42.2 Å². The molecule has 0 radical (unpaired) electrons. The van der Waals surface area contributed by atoms with Gasteiger partial charge in [-0.2, -0.15) is 11.8 Å². The summed E-state index contributed by atoms with van der Waals surface area (Å²) in [6, 6.07) is 19.7. The van der Waals surface area contributed by atoms with Gasteiger partial charge in [-0.3, -0.25) is 14.6 Å². The Labute approximate surface area is 191 Å². The van der Waals surface area contributed by atoms with Crippen molar-refractivity contribution < 1.29 is 9.59 Å². The van der Waals surface area contributed by atoms with E-state index in [1.807, 2.05) is 30.3 Å². The van der Waals surface area contributed by atoms with E-state index in [1.165, 1.54) is 11.1 Å². The second-order valence-electron chi connectivity index (χ2n) is 8.41. The van der Waals surface area contributed by atoms with Crippen LogP contribution in [0.5, 0.6) is 0 Å². The Balaban J connectivity index is 1.16. The molecule has 0 spiro atoms. The van der Waals surface area contributed by atoms with Crippen LogP contribution in [0.25, 0.3) is 10.9 Å². The summed E-state index contributed by atoms with van der Waals surface area (Å²) in [4.78, 5) is 31.8. The first kappa shape index (κ1) is 21.0. The van der Waals surface area contributed by atoms with Gasteiger partial charge >= 0.3 is 0 Å². The predicted octanol–water partition coefficient (Wildman–Crippen LogP) is 2.73. The van der Waals surface area contributed by atoms with Crippen LogP contribution in [0.4, 0.5) is 0 Å². The quantitative estimate of drug-likeness (QED) is 0.584. The fraction of sp³-hybridized carbons (Fsp3) is 0.320. The van der Waals surface area contributed by atoms with Crippen molar-refractivity contribution in [3.05, 3.63) is 78.0 Å². The van der Waals surface area contributed by atoms with Gasteiger partial charge in [0.2, 0.25) is 11.8 Å². The van der Waals surface area contributed by atoms with Gasteiger partial charge in [-0.25, -0.2) is 0 Å². The Kier molecular flexibility index (Phi) is 6.10. The van der Waals surface area contributed by atoms with Crippen molar-refractivity contribution in [2.75, 3.05) is 12.3 Å². The maximum Gasteiger partial charge on any atom is 0.246 e. The molecule has 6 nitrogen and oxygen atoms in total. The summed E-state index contributed by atoms with van der Waals surface area (Å²) >= 11 is 1.68. The van der Waals surface area contributed by atoms with Gasteiger partial charge in [-0.15, -0.1) is 0 Å². The van der Waals surface area contributed by atoms with Gasteiger partial charge in [0.15, 0.2) is 0 Å². The number of pyridine rings is 1. The molecule has 3 heterocycles. The Morgan fingerprint density at radius 1 is 1.06 bits per heavy atom. The summed E-state index contributed by atoms with van der Waals surface area (Å²) in [7, 11) is 0. The first-order chi connectivity index (χ1) is 15.7. The van der Waals surface area contributed by atoms with E-state index in [-0.39, 0.29) is 23.9 Å². The Morgan fingerprint density at radius 3 is 2.81 bits per heavy atom. The molecular formula is C25H26N4O2S. The van der Waals surface area contributed by atoms with Crippen LogP contribution in [0.3, 0.4) is 0 Å². The molecule has 2 N–H and O–H groups in total. The lowest BCUT2D eigenvalue weighted by atomic mass is 10.1. The number of fused-ring (bicyclic) bond motifs is 2. The van der Waals surface area contributed by atoms with Crippen LogP contribution in [-0.2, 0) is 21.9 Å². The number of carbonyl (C=O) groups is 2. The van der Waals surface area contributed by atoms with E-state index in [9.17, 15) is 9.59 Å². The fourth-order valence-electron chi connectivity index (χ4n) is 4.48. The lowest BCUT2D eigenvalue weighted by molar-refractivity contribution is -0.146. The lowest BCUT2D eigenvalue weighted by Gasteiger charge is -2.34. The van der Waals surface area contributed by atoms with E-state index in [2.05, 4.69) is 45.9 Å². The predicted molar refractivity (Wildman–Crippen MR) is 127 cm³/mol. The van der Waals surface area contributed by atoms with Gasteiger partial charge in [0.25, 0.3) is 0 Å². The van der Waals surface area contributed by atoms with Crippen LogP contribution in [-0.4, -0.2) is 52.1 Å². The molecule has 1 aromatic heterocycles. The molecule has 2 aliphatic rings. The zero-order valence-corrected chi connectivity index (χ0v) is 18.6. The number of thioether (sulfide) groups is 1. The highest BCUT2D eigenvalue weighted by Crippen LogP contribution is 2.25. The van der Waals surface area contributed by atoms with Crippen molar-refractivity contribution in [1.29, 1.82) is 0 Å². The van der Waals surface area contributed by atoms with E-state index in [0.717, 1.165) is 16.7 Å². The molecule has 2 aromatic carbocycles. The third kappa shape index (κ3) is 4.49. The minimum absolute atomic E-state index is 0.0315. The number of rotatable bonds is 7. The molecule has 2 aliphatic heterocycles. The van der Waals surface area contributed by atoms with E-state index in [0.29, 0.717) is 25.3 Å². The molecule has 3 atom stereocenters. The number of hydrogen-bond donors (Lipinski definition) is 2. The zero-order chi connectivity index (χ0) is 21.9. The van der Waals surface area contributed by atoms with Crippen LogP contribution in [0.2, 0.25) is 0 Å². The molecule has 2 saturated heterocycles. The number of amides is 2. The van der Waals surface area contributed by atoms with Crippen molar-refractivity contribution in [2.45, 2.75) is 36.8 Å². The molecule has 164 valence electrons. The summed E-state index contributed by atoms with van der Waals surface area (Å²) in [6.07, 6.45) is 2.45. The Bertz CT molecular complexity index is 1120. The Morgan fingerprint density at radius 2 is 1.94 bits per heavy atom. The van der Waals surface area contributed by atoms with Gasteiger partial charge in [0.1, 0.15) is 12.1 Å². The van der Waals surface area contributed by atoms with Crippen LogP contribution < -0.4 is 10.6 Å². The third-order valence-electron chi connectivity index (χ3n) is 6.16. The second kappa shape index (κ2) is 9.30. The number of carbonyl (C=O) groups excluding carboxylic acids is 2. The smallest absolute Gasteiger partial charge is 0.246 e. The first-order valence-electron chi connectivity index (χ1n) is 11.0. The molecule has 32 heavy (non-hydrogen) atoms. The highest BCUT2D eigenvalue weighted by Gasteiger charge is 2.46. The van der Waals surface area contributed by atoms with Crippen molar-refractivity contribution in [3.63, 3.8) is 0 Å². The molecule has 0 unspecified atom stereocenters. The highest BCUT2D eigenvalue weighted by atomic mass is 32.2. The number of hydrogen-bond acceptors (Lipinski definition) is 5. The molecule has 0 saturated carbocycles. The fourth-order valence-corrected chi connectivity index (χ4v) is 5.49. The minimum Gasteiger partial charge on any atom is -0.342 e. The number of benzene rings is 2. The van der Waals surface area contributed by atoms with Crippen molar-refractivity contribution in [2.24, 2.45) is 0 Å². The molecule has 2 amide bonds. The van der Waals surface area contributed by atoms with Crippen LogP contribution in [0.15, 0.2) is 66.9 Å². The molecule has 2 fully saturated rings. The molecule has 5 rings (SSSR count). The summed E-state index contributed by atoms with van der Waals surface area (Å²) in [5.41, 5.74) is 3.37. The topological polar surface area (TPSA) is 74.3 Å². The summed E-state index contributed by atoms with van der Waals surface area (Å²) in [6.45, 7) is 1.27. The second-order valence-corrected chi connectivity index (χ2v) is 9.44. The van der Waals surface area contributed by atoms with E-state index >= 15 is 0 Å². The first-order valence-corrected chi connectivity index (χ1v) is 12.1. The maximum absolute atomic E-state index is 13.0. The Hall–Kier alpha value is -2.90. The van der Waals surface area contributed by atoms with Crippen molar-refractivity contribution in [3.8, 4) is 0 Å². The zero-order valence-electron chi connectivity index (χ0n) is 17.7. The van der Waals surface area contributed by atoms with Crippen molar-refractivity contribution in [1.82, 2.24) is 20.5 Å².